The Balaban J connectivity index is 1.64. The van der Waals surface area contributed by atoms with E-state index in [4.69, 9.17) is 16.3 Å². The Bertz CT molecular complexity index is 1300. The first-order chi connectivity index (χ1) is 17.2. The molecule has 186 valence electrons. The number of likely N-dealkylation sites (N-methyl/N-ethyl adjacent to an activating group) is 1. The van der Waals surface area contributed by atoms with E-state index < -0.39 is 17.7 Å². The summed E-state index contributed by atoms with van der Waals surface area (Å²) in [6.45, 7) is 3.34. The lowest BCUT2D eigenvalue weighted by Crippen LogP contribution is -2.35. The lowest BCUT2D eigenvalue weighted by Gasteiger charge is -2.26. The number of halogens is 1. The van der Waals surface area contributed by atoms with Crippen molar-refractivity contribution in [2.75, 3.05) is 27.2 Å². The Morgan fingerprint density at radius 1 is 1.03 bits per heavy atom. The van der Waals surface area contributed by atoms with Crippen LogP contribution in [0.25, 0.3) is 5.76 Å². The molecular formula is C29H29ClN2O4. The van der Waals surface area contributed by atoms with Gasteiger partial charge in [0.1, 0.15) is 18.1 Å². The summed E-state index contributed by atoms with van der Waals surface area (Å²) >= 11 is 6.23. The quantitative estimate of drug-likeness (QED) is 0.259. The summed E-state index contributed by atoms with van der Waals surface area (Å²) < 4.78 is 5.87. The molecule has 1 aliphatic rings. The van der Waals surface area contributed by atoms with Crippen LogP contribution in [0.3, 0.4) is 0 Å². The third-order valence-corrected chi connectivity index (χ3v) is 6.34. The first-order valence-electron chi connectivity index (χ1n) is 11.7. The number of nitrogens with zero attached hydrogens (tertiary/aromatic N) is 2. The average molecular weight is 505 g/mol. The number of ether oxygens (including phenoxy) is 1. The number of ketones is 1. The maximum absolute atomic E-state index is 13.1. The molecule has 0 radical (unpaired) electrons. The zero-order valence-electron chi connectivity index (χ0n) is 20.6. The summed E-state index contributed by atoms with van der Waals surface area (Å²) in [6.07, 6.45) is 0. The first-order valence-corrected chi connectivity index (χ1v) is 12.1. The average Bonchev–Trinajstić information content (AvgIpc) is 3.11. The molecule has 0 aromatic heterocycles. The zero-order chi connectivity index (χ0) is 25.8. The summed E-state index contributed by atoms with van der Waals surface area (Å²) in [7, 11) is 3.79. The van der Waals surface area contributed by atoms with Crippen molar-refractivity contribution < 1.29 is 19.4 Å². The summed E-state index contributed by atoms with van der Waals surface area (Å²) in [5, 5.41) is 11.7. The summed E-state index contributed by atoms with van der Waals surface area (Å²) in [4.78, 5) is 29.5. The highest BCUT2D eigenvalue weighted by Crippen LogP contribution is 2.40. The number of amides is 1. The molecule has 1 amide bonds. The number of aryl methyl sites for hydroxylation is 1. The van der Waals surface area contributed by atoms with Crippen LogP contribution in [0.1, 0.15) is 28.3 Å². The molecule has 36 heavy (non-hydrogen) atoms. The second-order valence-corrected chi connectivity index (χ2v) is 9.59. The molecule has 1 aliphatic heterocycles. The SMILES string of the molecule is Cc1cccc(COc2ccc(/C(O)=C3\C(=O)C(=O)N(CCN(C)C)[C@H]3c3cccc(Cl)c3)cc2)c1. The minimum Gasteiger partial charge on any atom is -0.507 e. The Morgan fingerprint density at radius 3 is 2.42 bits per heavy atom. The summed E-state index contributed by atoms with van der Waals surface area (Å²) in [5.74, 6) is -0.945. The molecule has 1 saturated heterocycles. The van der Waals surface area contributed by atoms with Crippen LogP contribution in [0.4, 0.5) is 0 Å². The minimum atomic E-state index is -0.735. The van der Waals surface area contributed by atoms with Gasteiger partial charge in [0.2, 0.25) is 0 Å². The number of aliphatic hydroxyl groups excluding tert-OH is 1. The van der Waals surface area contributed by atoms with Gasteiger partial charge in [0.25, 0.3) is 11.7 Å². The number of hydrogen-bond acceptors (Lipinski definition) is 5. The fraction of sp³-hybridized carbons (Fsp3) is 0.241. The molecule has 6 nitrogen and oxygen atoms in total. The first kappa shape index (κ1) is 25.5. The lowest BCUT2D eigenvalue weighted by atomic mass is 9.95. The molecule has 1 N–H and O–H groups in total. The van der Waals surface area contributed by atoms with E-state index in [-0.39, 0.29) is 11.3 Å². The zero-order valence-corrected chi connectivity index (χ0v) is 21.3. The van der Waals surface area contributed by atoms with E-state index in [1.54, 1.807) is 48.5 Å². The molecule has 4 rings (SSSR count). The van der Waals surface area contributed by atoms with Crippen LogP contribution in [-0.2, 0) is 16.2 Å². The van der Waals surface area contributed by atoms with Gasteiger partial charge in [-0.15, -0.1) is 0 Å². The van der Waals surface area contributed by atoms with E-state index in [0.717, 1.165) is 11.1 Å². The largest absolute Gasteiger partial charge is 0.507 e. The molecule has 0 unspecified atom stereocenters. The van der Waals surface area contributed by atoms with Crippen LogP contribution < -0.4 is 4.74 Å². The Hall–Kier alpha value is -3.61. The van der Waals surface area contributed by atoms with E-state index in [2.05, 4.69) is 6.07 Å². The molecule has 1 atom stereocenters. The highest BCUT2D eigenvalue weighted by Gasteiger charge is 2.45. The number of benzene rings is 3. The predicted molar refractivity (Wildman–Crippen MR) is 141 cm³/mol. The van der Waals surface area contributed by atoms with Crippen molar-refractivity contribution >= 4 is 29.1 Å². The van der Waals surface area contributed by atoms with E-state index in [0.29, 0.717) is 41.6 Å². The third kappa shape index (κ3) is 5.61. The van der Waals surface area contributed by atoms with Crippen molar-refractivity contribution in [2.24, 2.45) is 0 Å². The van der Waals surface area contributed by atoms with Crippen molar-refractivity contribution in [1.82, 2.24) is 9.80 Å². The van der Waals surface area contributed by atoms with Crippen LogP contribution >= 0.6 is 11.6 Å². The van der Waals surface area contributed by atoms with Gasteiger partial charge in [-0.25, -0.2) is 0 Å². The van der Waals surface area contributed by atoms with Gasteiger partial charge >= 0.3 is 0 Å². The van der Waals surface area contributed by atoms with Crippen molar-refractivity contribution in [1.29, 1.82) is 0 Å². The number of carbonyl (C=O) groups excluding carboxylic acids is 2. The Labute approximate surface area is 216 Å². The van der Waals surface area contributed by atoms with Crippen molar-refractivity contribution in [3.63, 3.8) is 0 Å². The smallest absolute Gasteiger partial charge is 0.295 e. The Morgan fingerprint density at radius 2 is 1.75 bits per heavy atom. The van der Waals surface area contributed by atoms with Crippen LogP contribution in [0.15, 0.2) is 78.4 Å². The number of Topliss-reactive ketones (excluding diaryl/α,β-unsaturated/α-hetero) is 1. The molecule has 7 heteroatoms. The maximum Gasteiger partial charge on any atom is 0.295 e. The topological polar surface area (TPSA) is 70.1 Å². The van der Waals surface area contributed by atoms with Gasteiger partial charge in [0.15, 0.2) is 0 Å². The van der Waals surface area contributed by atoms with Crippen molar-refractivity contribution in [3.05, 3.63) is 106 Å². The number of aliphatic hydroxyl groups is 1. The number of likely N-dealkylation sites (tertiary alicyclic amines) is 1. The predicted octanol–water partition coefficient (Wildman–Crippen LogP) is 5.21. The second kappa shape index (κ2) is 11.0. The Kier molecular flexibility index (Phi) is 7.77. The highest BCUT2D eigenvalue weighted by atomic mass is 35.5. The highest BCUT2D eigenvalue weighted by molar-refractivity contribution is 6.46. The van der Waals surface area contributed by atoms with E-state index in [9.17, 15) is 14.7 Å². The number of hydrogen-bond donors (Lipinski definition) is 1. The second-order valence-electron chi connectivity index (χ2n) is 9.15. The van der Waals surface area contributed by atoms with Gasteiger partial charge < -0.3 is 19.6 Å². The number of rotatable bonds is 8. The molecule has 3 aromatic rings. The summed E-state index contributed by atoms with van der Waals surface area (Å²) in [6, 6.07) is 21.2. The van der Waals surface area contributed by atoms with Gasteiger partial charge in [0, 0.05) is 23.7 Å². The monoisotopic (exact) mass is 504 g/mol. The van der Waals surface area contributed by atoms with Crippen molar-refractivity contribution in [2.45, 2.75) is 19.6 Å². The number of carbonyl (C=O) groups is 2. The summed E-state index contributed by atoms with van der Waals surface area (Å²) in [5.41, 5.74) is 3.36. The molecule has 3 aromatic carbocycles. The van der Waals surface area contributed by atoms with E-state index in [1.165, 1.54) is 4.90 Å². The van der Waals surface area contributed by atoms with Gasteiger partial charge in [-0.1, -0.05) is 53.6 Å². The van der Waals surface area contributed by atoms with Crippen molar-refractivity contribution in [3.8, 4) is 5.75 Å². The molecule has 0 saturated carbocycles. The van der Waals surface area contributed by atoms with E-state index in [1.807, 2.05) is 44.1 Å². The van der Waals surface area contributed by atoms with Gasteiger partial charge in [-0.2, -0.15) is 0 Å². The van der Waals surface area contributed by atoms with Crippen LogP contribution in [-0.4, -0.2) is 53.8 Å². The standard InChI is InChI=1S/C29H29ClN2O4/c1-19-6-4-7-20(16-19)18-36-24-12-10-21(11-13-24)27(33)25-26(22-8-5-9-23(30)17-22)32(15-14-31(2)3)29(35)28(25)34/h4-13,16-17,26,33H,14-15,18H2,1-3H3/b27-25+/t26-/m0/s1. The van der Waals surface area contributed by atoms with E-state index >= 15 is 0 Å². The van der Waals surface area contributed by atoms with Gasteiger partial charge in [-0.3, -0.25) is 9.59 Å². The van der Waals surface area contributed by atoms with Gasteiger partial charge in [-0.05, 0) is 68.5 Å². The fourth-order valence-electron chi connectivity index (χ4n) is 4.27. The molecular weight excluding hydrogens is 476 g/mol. The normalized spacial score (nSPS) is 17.1. The molecule has 0 bridgehead atoms. The fourth-order valence-corrected chi connectivity index (χ4v) is 4.47. The molecule has 1 fully saturated rings. The molecule has 0 aliphatic carbocycles. The molecule has 1 heterocycles. The van der Waals surface area contributed by atoms with Gasteiger partial charge in [0.05, 0.1) is 11.6 Å². The third-order valence-electron chi connectivity index (χ3n) is 6.11. The molecule has 0 spiro atoms. The van der Waals surface area contributed by atoms with Crippen LogP contribution in [0, 0.1) is 6.92 Å². The maximum atomic E-state index is 13.1. The van der Waals surface area contributed by atoms with Crippen LogP contribution in [0.2, 0.25) is 5.02 Å². The lowest BCUT2D eigenvalue weighted by molar-refractivity contribution is -0.140. The van der Waals surface area contributed by atoms with Crippen LogP contribution in [0.5, 0.6) is 5.75 Å². The minimum absolute atomic E-state index is 0.0504.